The smallest absolute Gasteiger partial charge is 0.423 e. The van der Waals surface area contributed by atoms with E-state index in [1.807, 2.05) is 24.3 Å². The summed E-state index contributed by atoms with van der Waals surface area (Å²) in [5.41, 5.74) is -0.00627. The second-order valence-electron chi connectivity index (χ2n) is 5.64. The summed E-state index contributed by atoms with van der Waals surface area (Å²) in [5, 5.41) is 20.1. The minimum Gasteiger partial charge on any atom is -0.423 e. The Balaban J connectivity index is 2.85. The number of hydrogen-bond donors (Lipinski definition) is 2. The number of hydrogen-bond acceptors (Lipinski definition) is 3. The largest absolute Gasteiger partial charge is 0.491 e. The minimum atomic E-state index is -1.03. The Morgan fingerprint density at radius 1 is 1.22 bits per heavy atom. The van der Waals surface area contributed by atoms with Crippen LogP contribution in [0.5, 0.6) is 0 Å². The van der Waals surface area contributed by atoms with Crippen molar-refractivity contribution in [3.8, 4) is 0 Å². The molecule has 0 heterocycles. The first kappa shape index (κ1) is 15.2. The van der Waals surface area contributed by atoms with Gasteiger partial charge in [0.1, 0.15) is 0 Å². The summed E-state index contributed by atoms with van der Waals surface area (Å²) in [6, 6.07) is 7.66. The Bertz CT molecular complexity index is 396. The van der Waals surface area contributed by atoms with Gasteiger partial charge in [0.2, 0.25) is 0 Å². The molecule has 100 valence electrons. The molecule has 1 rings (SSSR count). The molecule has 0 atom stereocenters. The van der Waals surface area contributed by atoms with Gasteiger partial charge in [-0.15, -0.1) is 0 Å². The van der Waals surface area contributed by atoms with Crippen molar-refractivity contribution < 1.29 is 14.8 Å². The average Bonchev–Trinajstić information content (AvgIpc) is 2.27. The lowest BCUT2D eigenvalue weighted by atomic mass is 9.76. The first-order valence-electron chi connectivity index (χ1n) is 6.34. The summed E-state index contributed by atoms with van der Waals surface area (Å²) in [6.45, 7) is 8.93. The van der Waals surface area contributed by atoms with Crippen LogP contribution in [0.15, 0.2) is 24.3 Å². The van der Waals surface area contributed by atoms with Crippen LogP contribution in [0.2, 0.25) is 0 Å². The summed E-state index contributed by atoms with van der Waals surface area (Å²) in [7, 11) is -1.03. The molecule has 0 saturated heterocycles. The van der Waals surface area contributed by atoms with Gasteiger partial charge in [-0.1, -0.05) is 31.2 Å². The van der Waals surface area contributed by atoms with Gasteiger partial charge in [0.25, 0.3) is 0 Å². The number of aryl methyl sites for hydroxylation is 1. The van der Waals surface area contributed by atoms with Crippen molar-refractivity contribution in [1.82, 2.24) is 0 Å². The molecule has 0 aromatic heterocycles. The van der Waals surface area contributed by atoms with Crippen LogP contribution in [0.25, 0.3) is 0 Å². The second kappa shape index (κ2) is 5.43. The summed E-state index contributed by atoms with van der Waals surface area (Å²) in [6.07, 6.45) is 0.912. The zero-order valence-electron chi connectivity index (χ0n) is 11.9. The van der Waals surface area contributed by atoms with Gasteiger partial charge in [0.15, 0.2) is 0 Å². The van der Waals surface area contributed by atoms with Crippen LogP contribution in [0.4, 0.5) is 0 Å². The highest BCUT2D eigenvalue weighted by molar-refractivity contribution is 6.60. The molecule has 0 spiro atoms. The molecular formula is C14H23BO3. The Kier molecular flexibility index (Phi) is 4.59. The molecule has 1 aromatic rings. The number of benzene rings is 1. The average molecular weight is 250 g/mol. The van der Waals surface area contributed by atoms with Gasteiger partial charge in [-0.05, 0) is 45.1 Å². The van der Waals surface area contributed by atoms with E-state index in [1.54, 1.807) is 27.7 Å². The van der Waals surface area contributed by atoms with Gasteiger partial charge in [0.05, 0.1) is 11.2 Å². The van der Waals surface area contributed by atoms with E-state index in [1.165, 1.54) is 0 Å². The molecule has 18 heavy (non-hydrogen) atoms. The first-order chi connectivity index (χ1) is 8.17. The van der Waals surface area contributed by atoms with E-state index < -0.39 is 18.3 Å². The van der Waals surface area contributed by atoms with Crippen molar-refractivity contribution >= 4 is 12.6 Å². The van der Waals surface area contributed by atoms with Gasteiger partial charge >= 0.3 is 7.12 Å². The maximum Gasteiger partial charge on any atom is 0.491 e. The van der Waals surface area contributed by atoms with E-state index in [4.69, 9.17) is 4.65 Å². The molecule has 0 unspecified atom stereocenters. The predicted molar refractivity (Wildman–Crippen MR) is 74.9 cm³/mol. The Morgan fingerprint density at radius 2 is 1.83 bits per heavy atom. The summed E-state index contributed by atoms with van der Waals surface area (Å²) >= 11 is 0. The normalized spacial score (nSPS) is 12.6. The van der Waals surface area contributed by atoms with Crippen molar-refractivity contribution in [3.63, 3.8) is 0 Å². The zero-order chi connectivity index (χ0) is 14.0. The topological polar surface area (TPSA) is 49.7 Å². The van der Waals surface area contributed by atoms with Crippen molar-refractivity contribution in [2.45, 2.75) is 52.2 Å². The van der Waals surface area contributed by atoms with Crippen molar-refractivity contribution in [2.24, 2.45) is 0 Å². The van der Waals surface area contributed by atoms with Crippen LogP contribution in [-0.4, -0.2) is 28.5 Å². The molecular weight excluding hydrogens is 227 g/mol. The molecule has 1 aromatic carbocycles. The van der Waals surface area contributed by atoms with Crippen LogP contribution >= 0.6 is 0 Å². The number of aliphatic hydroxyl groups is 1. The SMILES string of the molecule is CCc1cccc(B(O)OC(C)(C)C(C)(C)O)c1. The summed E-state index contributed by atoms with van der Waals surface area (Å²) in [5.74, 6) is 0. The third-order valence-corrected chi connectivity index (χ3v) is 3.52. The van der Waals surface area contributed by atoms with Crippen LogP contribution in [-0.2, 0) is 11.1 Å². The minimum absolute atomic E-state index is 0.715. The Labute approximate surface area is 110 Å². The zero-order valence-corrected chi connectivity index (χ0v) is 11.9. The fourth-order valence-electron chi connectivity index (χ4n) is 1.46. The highest BCUT2D eigenvalue weighted by atomic mass is 16.5. The van der Waals surface area contributed by atoms with Gasteiger partial charge in [-0.2, -0.15) is 0 Å². The van der Waals surface area contributed by atoms with E-state index in [-0.39, 0.29) is 0 Å². The quantitative estimate of drug-likeness (QED) is 0.778. The fraction of sp³-hybridized carbons (Fsp3) is 0.571. The second-order valence-corrected chi connectivity index (χ2v) is 5.64. The molecule has 0 aliphatic rings. The van der Waals surface area contributed by atoms with Gasteiger partial charge < -0.3 is 14.8 Å². The molecule has 0 radical (unpaired) electrons. The molecule has 0 aliphatic heterocycles. The predicted octanol–water partition coefficient (Wildman–Crippen LogP) is 1.50. The third-order valence-electron chi connectivity index (χ3n) is 3.52. The highest BCUT2D eigenvalue weighted by Gasteiger charge is 2.39. The summed E-state index contributed by atoms with van der Waals surface area (Å²) in [4.78, 5) is 0. The maximum atomic E-state index is 10.1. The van der Waals surface area contributed by atoms with E-state index >= 15 is 0 Å². The maximum absolute atomic E-state index is 10.1. The lowest BCUT2D eigenvalue weighted by Gasteiger charge is -2.38. The Morgan fingerprint density at radius 3 is 2.33 bits per heavy atom. The van der Waals surface area contributed by atoms with E-state index in [0.29, 0.717) is 5.46 Å². The fourth-order valence-corrected chi connectivity index (χ4v) is 1.46. The first-order valence-corrected chi connectivity index (χ1v) is 6.34. The van der Waals surface area contributed by atoms with E-state index in [9.17, 15) is 10.1 Å². The molecule has 4 heteroatoms. The molecule has 0 saturated carbocycles. The monoisotopic (exact) mass is 250 g/mol. The highest BCUT2D eigenvalue weighted by Crippen LogP contribution is 2.25. The van der Waals surface area contributed by atoms with Gasteiger partial charge in [-0.25, -0.2) is 0 Å². The van der Waals surface area contributed by atoms with Gasteiger partial charge in [-0.3, -0.25) is 0 Å². The third kappa shape index (κ3) is 3.58. The van der Waals surface area contributed by atoms with Crippen LogP contribution in [0.3, 0.4) is 0 Å². The molecule has 0 aliphatic carbocycles. The molecule has 2 N–H and O–H groups in total. The lowest BCUT2D eigenvalue weighted by molar-refractivity contribution is -0.0982. The lowest BCUT2D eigenvalue weighted by Crippen LogP contribution is -2.53. The standard InChI is InChI=1S/C14H23BO3/c1-6-11-8-7-9-12(10-11)15(17)18-14(4,5)13(2,3)16/h7-10,16-17H,6H2,1-5H3. The van der Waals surface area contributed by atoms with Gasteiger partial charge in [0, 0.05) is 0 Å². The molecule has 3 nitrogen and oxygen atoms in total. The van der Waals surface area contributed by atoms with Crippen molar-refractivity contribution in [1.29, 1.82) is 0 Å². The van der Waals surface area contributed by atoms with Crippen LogP contribution in [0, 0.1) is 0 Å². The molecule has 0 fully saturated rings. The van der Waals surface area contributed by atoms with Crippen LogP contribution in [0.1, 0.15) is 40.2 Å². The van der Waals surface area contributed by atoms with Crippen molar-refractivity contribution in [3.05, 3.63) is 29.8 Å². The molecule has 0 amide bonds. The van der Waals surface area contributed by atoms with Crippen LogP contribution < -0.4 is 5.46 Å². The van der Waals surface area contributed by atoms with E-state index in [2.05, 4.69) is 6.92 Å². The molecule has 0 bridgehead atoms. The van der Waals surface area contributed by atoms with Crippen molar-refractivity contribution in [2.75, 3.05) is 0 Å². The Hall–Kier alpha value is -0.835. The van der Waals surface area contributed by atoms with E-state index in [0.717, 1.165) is 12.0 Å². The summed E-state index contributed by atoms with van der Waals surface area (Å²) < 4.78 is 5.59. The number of rotatable bonds is 5.